The van der Waals surface area contributed by atoms with Crippen molar-refractivity contribution in [3.05, 3.63) is 36.4 Å². The van der Waals surface area contributed by atoms with Gasteiger partial charge in [-0.3, -0.25) is 9.59 Å². The van der Waals surface area contributed by atoms with Crippen molar-refractivity contribution in [2.24, 2.45) is 11.8 Å². The molecule has 2 bridgehead atoms. The highest BCUT2D eigenvalue weighted by atomic mass is 16.6. The van der Waals surface area contributed by atoms with E-state index in [0.29, 0.717) is 13.2 Å². The van der Waals surface area contributed by atoms with Crippen molar-refractivity contribution >= 4 is 17.6 Å². The first-order valence-corrected chi connectivity index (χ1v) is 8.09. The van der Waals surface area contributed by atoms with Crippen LogP contribution in [0.5, 0.6) is 5.75 Å². The molecule has 3 heterocycles. The molecule has 4 rings (SSSR count). The van der Waals surface area contributed by atoms with Gasteiger partial charge in [-0.25, -0.2) is 0 Å². The Morgan fingerprint density at radius 1 is 1.38 bits per heavy atom. The molecule has 1 spiro atoms. The minimum Gasteiger partial charge on any atom is -0.497 e. The number of benzene rings is 1. The highest BCUT2D eigenvalue weighted by molar-refractivity contribution is 6.02. The number of carbonyl (C=O) groups excluding carboxylic acids is 2. The van der Waals surface area contributed by atoms with Crippen molar-refractivity contribution in [3.8, 4) is 5.75 Å². The Kier molecular flexibility index (Phi) is 3.38. The molecule has 1 aromatic rings. The zero-order valence-corrected chi connectivity index (χ0v) is 13.6. The Balaban J connectivity index is 1.65. The van der Waals surface area contributed by atoms with Gasteiger partial charge < -0.3 is 19.1 Å². The summed E-state index contributed by atoms with van der Waals surface area (Å²) in [6, 6.07) is 7.30. The number of rotatable bonds is 4. The summed E-state index contributed by atoms with van der Waals surface area (Å²) in [6.45, 7) is 2.46. The monoisotopic (exact) mass is 329 g/mol. The molecule has 2 saturated heterocycles. The molecule has 2 fully saturated rings. The molecule has 1 aromatic carbocycles. The van der Waals surface area contributed by atoms with E-state index in [1.165, 1.54) is 0 Å². The van der Waals surface area contributed by atoms with Crippen LogP contribution in [0.3, 0.4) is 0 Å². The Morgan fingerprint density at radius 2 is 2.12 bits per heavy atom. The summed E-state index contributed by atoms with van der Waals surface area (Å²) in [5.41, 5.74) is 0.0478. The van der Waals surface area contributed by atoms with Gasteiger partial charge in [0.15, 0.2) is 0 Å². The Morgan fingerprint density at radius 3 is 2.79 bits per heavy atom. The van der Waals surface area contributed by atoms with Crippen molar-refractivity contribution in [2.45, 2.75) is 18.6 Å². The molecule has 3 aliphatic heterocycles. The molecule has 0 aromatic heterocycles. The zero-order chi connectivity index (χ0) is 16.9. The number of hydrogen-bond donors (Lipinski definition) is 0. The topological polar surface area (TPSA) is 65.1 Å². The lowest BCUT2D eigenvalue weighted by atomic mass is 9.77. The fourth-order valence-corrected chi connectivity index (χ4v) is 3.99. The highest BCUT2D eigenvalue weighted by Crippen LogP contribution is 2.52. The number of esters is 1. The number of fused-ring (bicyclic) bond motifs is 1. The molecule has 126 valence electrons. The van der Waals surface area contributed by atoms with E-state index in [1.807, 2.05) is 36.4 Å². The van der Waals surface area contributed by atoms with Crippen molar-refractivity contribution in [3.63, 3.8) is 0 Å². The number of anilines is 1. The highest BCUT2D eigenvalue weighted by Gasteiger charge is 2.67. The van der Waals surface area contributed by atoms with E-state index in [4.69, 9.17) is 14.2 Å². The van der Waals surface area contributed by atoms with E-state index < -0.39 is 17.4 Å². The number of carbonyl (C=O) groups is 2. The number of ether oxygens (including phenoxy) is 3. The Labute approximate surface area is 140 Å². The molecule has 6 nitrogen and oxygen atoms in total. The average Bonchev–Trinajstić information content (AvgIpc) is 3.23. The number of hydrogen-bond acceptors (Lipinski definition) is 5. The third-order valence-corrected chi connectivity index (χ3v) is 5.04. The van der Waals surface area contributed by atoms with Gasteiger partial charge >= 0.3 is 5.97 Å². The van der Waals surface area contributed by atoms with Crippen LogP contribution in [0.2, 0.25) is 0 Å². The summed E-state index contributed by atoms with van der Waals surface area (Å²) < 4.78 is 16.4. The molecular weight excluding hydrogens is 310 g/mol. The molecular formula is C18H19NO5. The maximum absolute atomic E-state index is 13.0. The molecule has 4 atom stereocenters. The summed E-state index contributed by atoms with van der Waals surface area (Å²) in [7, 11) is 1.60. The summed E-state index contributed by atoms with van der Waals surface area (Å²) >= 11 is 0. The van der Waals surface area contributed by atoms with E-state index in [0.717, 1.165) is 11.4 Å². The summed E-state index contributed by atoms with van der Waals surface area (Å²) in [6.07, 6.45) is 3.44. The van der Waals surface area contributed by atoms with Crippen molar-refractivity contribution in [1.29, 1.82) is 0 Å². The third-order valence-electron chi connectivity index (χ3n) is 5.04. The van der Waals surface area contributed by atoms with Gasteiger partial charge in [0.25, 0.3) is 0 Å². The van der Waals surface area contributed by atoms with Gasteiger partial charge in [-0.05, 0) is 31.2 Å². The maximum Gasteiger partial charge on any atom is 0.312 e. The average molecular weight is 329 g/mol. The van der Waals surface area contributed by atoms with Crippen molar-refractivity contribution in [1.82, 2.24) is 0 Å². The second-order valence-electron chi connectivity index (χ2n) is 6.27. The van der Waals surface area contributed by atoms with Gasteiger partial charge in [-0.2, -0.15) is 0 Å². The van der Waals surface area contributed by atoms with Gasteiger partial charge in [-0.1, -0.05) is 12.2 Å². The van der Waals surface area contributed by atoms with Gasteiger partial charge in [0.05, 0.1) is 32.3 Å². The second kappa shape index (κ2) is 5.34. The van der Waals surface area contributed by atoms with Crippen LogP contribution in [0.4, 0.5) is 5.69 Å². The van der Waals surface area contributed by atoms with Gasteiger partial charge in [-0.15, -0.1) is 0 Å². The molecule has 0 aliphatic carbocycles. The normalized spacial score (nSPS) is 33.0. The molecule has 0 unspecified atom stereocenters. The van der Waals surface area contributed by atoms with Gasteiger partial charge in [0, 0.05) is 5.69 Å². The van der Waals surface area contributed by atoms with E-state index in [2.05, 4.69) is 0 Å². The fourth-order valence-electron chi connectivity index (χ4n) is 3.99. The number of methoxy groups -OCH3 is 1. The second-order valence-corrected chi connectivity index (χ2v) is 6.27. The van der Waals surface area contributed by atoms with Crippen LogP contribution in [-0.4, -0.2) is 43.8 Å². The Bertz CT molecular complexity index is 713. The van der Waals surface area contributed by atoms with Crippen LogP contribution >= 0.6 is 0 Å². The molecule has 1 amide bonds. The largest absolute Gasteiger partial charge is 0.497 e. The molecule has 24 heavy (non-hydrogen) atoms. The fraction of sp³-hybridized carbons (Fsp3) is 0.444. The molecule has 6 heteroatoms. The number of amides is 1. The molecule has 3 aliphatic rings. The van der Waals surface area contributed by atoms with Crippen LogP contribution < -0.4 is 9.64 Å². The lowest BCUT2D eigenvalue weighted by Crippen LogP contribution is -2.40. The van der Waals surface area contributed by atoms with E-state index >= 15 is 0 Å². The molecule has 0 radical (unpaired) electrons. The van der Waals surface area contributed by atoms with Crippen LogP contribution in [-0.2, 0) is 19.1 Å². The predicted octanol–water partition coefficient (Wildman–Crippen LogP) is 1.54. The van der Waals surface area contributed by atoms with Gasteiger partial charge in [0.2, 0.25) is 5.91 Å². The summed E-state index contributed by atoms with van der Waals surface area (Å²) in [5.74, 6) is -0.807. The quantitative estimate of drug-likeness (QED) is 0.619. The maximum atomic E-state index is 13.0. The first-order chi connectivity index (χ1) is 11.6. The third kappa shape index (κ3) is 1.99. The van der Waals surface area contributed by atoms with E-state index in [9.17, 15) is 9.59 Å². The zero-order valence-electron chi connectivity index (χ0n) is 13.6. The minimum atomic E-state index is -0.723. The summed E-state index contributed by atoms with van der Waals surface area (Å²) in [4.78, 5) is 27.0. The van der Waals surface area contributed by atoms with Crippen LogP contribution in [0.15, 0.2) is 36.4 Å². The standard InChI is InChI=1S/C18H19NO5/c1-3-23-17(21)14-13-8-9-18(24-13)10-19(16(20)15(14)18)11-4-6-12(22-2)7-5-11/h4-9,13-15H,3,10H2,1-2H3/t13-,14+,15-,18+/m1/s1. The van der Waals surface area contributed by atoms with Crippen LogP contribution in [0.1, 0.15) is 6.92 Å². The van der Waals surface area contributed by atoms with Gasteiger partial charge in [0.1, 0.15) is 17.3 Å². The summed E-state index contributed by atoms with van der Waals surface area (Å²) in [5, 5.41) is 0. The van der Waals surface area contributed by atoms with Crippen LogP contribution in [0.25, 0.3) is 0 Å². The lowest BCUT2D eigenvalue weighted by molar-refractivity contribution is -0.151. The predicted molar refractivity (Wildman–Crippen MR) is 85.7 cm³/mol. The first kappa shape index (κ1) is 15.2. The number of nitrogens with zero attached hydrogens (tertiary/aromatic N) is 1. The van der Waals surface area contributed by atoms with Crippen molar-refractivity contribution in [2.75, 3.05) is 25.2 Å². The SMILES string of the molecule is CCOC(=O)[C@H]1[C@H]2C=C[C@@]3(CN(c4ccc(OC)cc4)C(=O)[C@@H]13)O2. The van der Waals surface area contributed by atoms with E-state index in [1.54, 1.807) is 18.9 Å². The Hall–Kier alpha value is -2.34. The molecule has 0 saturated carbocycles. The lowest BCUT2D eigenvalue weighted by Gasteiger charge is -2.22. The smallest absolute Gasteiger partial charge is 0.312 e. The van der Waals surface area contributed by atoms with E-state index in [-0.39, 0.29) is 18.0 Å². The van der Waals surface area contributed by atoms with Crippen molar-refractivity contribution < 1.29 is 23.8 Å². The minimum absolute atomic E-state index is 0.0925. The van der Waals surface area contributed by atoms with Crippen LogP contribution in [0, 0.1) is 11.8 Å². The first-order valence-electron chi connectivity index (χ1n) is 8.09. The molecule has 0 N–H and O–H groups in total.